The standard InChI is InChI=1S/C16H23BrN2O/c1-15(2)12(11-17)9-10-16(15,3)14(20)19-18-13-7-5-4-6-8-13/h4-8,12,18H,9-11H2,1-3H3,(H,19,20)/t12-,16+/m0/s1. The number of rotatable bonds is 4. The fraction of sp³-hybridized carbons (Fsp3) is 0.562. The van der Waals surface area contributed by atoms with Gasteiger partial charge in [-0.05, 0) is 36.3 Å². The van der Waals surface area contributed by atoms with Crippen molar-refractivity contribution in [1.82, 2.24) is 5.43 Å². The third-order valence-electron chi connectivity index (χ3n) is 5.22. The van der Waals surface area contributed by atoms with Crippen LogP contribution in [0.1, 0.15) is 33.6 Å². The van der Waals surface area contributed by atoms with Crippen LogP contribution in [0, 0.1) is 16.7 Å². The largest absolute Gasteiger partial charge is 0.299 e. The fourth-order valence-corrected chi connectivity index (χ4v) is 4.19. The summed E-state index contributed by atoms with van der Waals surface area (Å²) < 4.78 is 0. The molecule has 0 bridgehead atoms. The van der Waals surface area contributed by atoms with Gasteiger partial charge in [-0.1, -0.05) is 54.9 Å². The number of hydrazine groups is 1. The lowest BCUT2D eigenvalue weighted by molar-refractivity contribution is -0.135. The second-order valence-electron chi connectivity index (χ2n) is 6.39. The van der Waals surface area contributed by atoms with Crippen LogP contribution in [-0.4, -0.2) is 11.2 Å². The zero-order valence-electron chi connectivity index (χ0n) is 12.4. The number of benzene rings is 1. The minimum absolute atomic E-state index is 0.0149. The Morgan fingerprint density at radius 3 is 2.50 bits per heavy atom. The summed E-state index contributed by atoms with van der Waals surface area (Å²) in [4.78, 5) is 12.6. The quantitative estimate of drug-likeness (QED) is 0.644. The molecule has 2 atom stereocenters. The zero-order chi connectivity index (χ0) is 14.8. The lowest BCUT2D eigenvalue weighted by atomic mass is 9.65. The van der Waals surface area contributed by atoms with E-state index in [1.165, 1.54) is 0 Å². The number of hydrogen-bond acceptors (Lipinski definition) is 2. The molecule has 20 heavy (non-hydrogen) atoms. The van der Waals surface area contributed by atoms with E-state index in [2.05, 4.69) is 47.6 Å². The van der Waals surface area contributed by atoms with Crippen LogP contribution in [0.2, 0.25) is 0 Å². The van der Waals surface area contributed by atoms with Gasteiger partial charge in [0, 0.05) is 5.33 Å². The number of carbonyl (C=O) groups excluding carboxylic acids is 1. The Balaban J connectivity index is 2.05. The SMILES string of the molecule is CC1(C)[C@H](CBr)CC[C@]1(C)C(=O)NNc1ccccc1. The molecule has 1 aliphatic carbocycles. The fourth-order valence-electron chi connectivity index (χ4n) is 3.06. The Kier molecular flexibility index (Phi) is 4.43. The number of alkyl halides is 1. The molecule has 1 saturated carbocycles. The van der Waals surface area contributed by atoms with E-state index in [0.29, 0.717) is 5.92 Å². The molecule has 1 fully saturated rings. The van der Waals surface area contributed by atoms with Gasteiger partial charge in [-0.25, -0.2) is 0 Å². The van der Waals surface area contributed by atoms with E-state index in [4.69, 9.17) is 0 Å². The first-order valence-corrected chi connectivity index (χ1v) is 8.21. The second kappa shape index (κ2) is 5.76. The highest BCUT2D eigenvalue weighted by Gasteiger charge is 2.55. The van der Waals surface area contributed by atoms with E-state index in [9.17, 15) is 4.79 Å². The van der Waals surface area contributed by atoms with Crippen LogP contribution in [-0.2, 0) is 4.79 Å². The van der Waals surface area contributed by atoms with E-state index in [1.807, 2.05) is 30.3 Å². The van der Waals surface area contributed by atoms with Gasteiger partial charge < -0.3 is 0 Å². The number of carbonyl (C=O) groups is 1. The summed E-state index contributed by atoms with van der Waals surface area (Å²) in [6.45, 7) is 6.49. The summed E-state index contributed by atoms with van der Waals surface area (Å²) in [7, 11) is 0. The van der Waals surface area contributed by atoms with E-state index in [-0.39, 0.29) is 16.7 Å². The number of amides is 1. The number of halogens is 1. The van der Waals surface area contributed by atoms with Crippen LogP contribution in [0.25, 0.3) is 0 Å². The molecule has 2 rings (SSSR count). The van der Waals surface area contributed by atoms with Gasteiger partial charge in [-0.2, -0.15) is 0 Å². The van der Waals surface area contributed by atoms with E-state index in [1.54, 1.807) is 0 Å². The summed E-state index contributed by atoms with van der Waals surface area (Å²) in [5.74, 6) is 0.616. The maximum Gasteiger partial charge on any atom is 0.244 e. The highest BCUT2D eigenvalue weighted by Crippen LogP contribution is 2.56. The average molecular weight is 339 g/mol. The van der Waals surface area contributed by atoms with Crippen LogP contribution in [0.15, 0.2) is 30.3 Å². The minimum atomic E-state index is -0.340. The molecular weight excluding hydrogens is 316 g/mol. The van der Waals surface area contributed by atoms with Gasteiger partial charge in [0.05, 0.1) is 11.1 Å². The Labute approximate surface area is 129 Å². The first-order chi connectivity index (χ1) is 9.41. The molecule has 110 valence electrons. The zero-order valence-corrected chi connectivity index (χ0v) is 14.0. The molecule has 0 aromatic heterocycles. The summed E-state index contributed by atoms with van der Waals surface area (Å²) in [6, 6.07) is 9.70. The summed E-state index contributed by atoms with van der Waals surface area (Å²) in [5.41, 5.74) is 6.43. The molecule has 1 aliphatic rings. The van der Waals surface area contributed by atoms with Crippen molar-refractivity contribution in [3.05, 3.63) is 30.3 Å². The van der Waals surface area contributed by atoms with Crippen LogP contribution in [0.3, 0.4) is 0 Å². The van der Waals surface area contributed by atoms with Crippen LogP contribution >= 0.6 is 15.9 Å². The molecule has 0 spiro atoms. The maximum absolute atomic E-state index is 12.6. The maximum atomic E-state index is 12.6. The molecular formula is C16H23BrN2O. The molecule has 0 heterocycles. The monoisotopic (exact) mass is 338 g/mol. The lowest BCUT2D eigenvalue weighted by Crippen LogP contribution is -2.48. The number of para-hydroxylation sites is 1. The highest BCUT2D eigenvalue weighted by molar-refractivity contribution is 9.09. The molecule has 1 aromatic rings. The second-order valence-corrected chi connectivity index (χ2v) is 7.04. The topological polar surface area (TPSA) is 41.1 Å². The van der Waals surface area contributed by atoms with Gasteiger partial charge in [-0.3, -0.25) is 15.6 Å². The predicted molar refractivity (Wildman–Crippen MR) is 86.6 cm³/mol. The third-order valence-corrected chi connectivity index (χ3v) is 6.00. The van der Waals surface area contributed by atoms with Crippen molar-refractivity contribution >= 4 is 27.5 Å². The molecule has 1 aromatic carbocycles. The lowest BCUT2D eigenvalue weighted by Gasteiger charge is -2.40. The molecule has 2 N–H and O–H groups in total. The average Bonchev–Trinajstić information content (AvgIpc) is 2.68. The van der Waals surface area contributed by atoms with Gasteiger partial charge >= 0.3 is 0 Å². The number of nitrogens with one attached hydrogen (secondary N) is 2. The van der Waals surface area contributed by atoms with Crippen molar-refractivity contribution in [2.75, 3.05) is 10.8 Å². The highest BCUT2D eigenvalue weighted by atomic mass is 79.9. The molecule has 1 amide bonds. The van der Waals surface area contributed by atoms with E-state index >= 15 is 0 Å². The Hall–Kier alpha value is -1.03. The first kappa shape index (κ1) is 15.4. The van der Waals surface area contributed by atoms with Crippen molar-refractivity contribution in [3.63, 3.8) is 0 Å². The molecule has 0 saturated heterocycles. The first-order valence-electron chi connectivity index (χ1n) is 7.09. The smallest absolute Gasteiger partial charge is 0.244 e. The van der Waals surface area contributed by atoms with Crippen LogP contribution in [0.4, 0.5) is 5.69 Å². The molecule has 4 heteroatoms. The van der Waals surface area contributed by atoms with Gasteiger partial charge in [0.2, 0.25) is 5.91 Å². The molecule has 0 unspecified atom stereocenters. The van der Waals surface area contributed by atoms with Crippen molar-refractivity contribution in [2.24, 2.45) is 16.7 Å². The van der Waals surface area contributed by atoms with E-state index in [0.717, 1.165) is 23.9 Å². The minimum Gasteiger partial charge on any atom is -0.299 e. The normalized spacial score (nSPS) is 28.1. The van der Waals surface area contributed by atoms with Crippen molar-refractivity contribution in [2.45, 2.75) is 33.6 Å². The number of anilines is 1. The van der Waals surface area contributed by atoms with Crippen LogP contribution < -0.4 is 10.9 Å². The summed E-state index contributed by atoms with van der Waals surface area (Å²) >= 11 is 3.58. The molecule has 0 aliphatic heterocycles. The molecule has 3 nitrogen and oxygen atoms in total. The summed E-state index contributed by atoms with van der Waals surface area (Å²) in [6.07, 6.45) is 2.02. The number of hydrogen-bond donors (Lipinski definition) is 2. The Bertz CT molecular complexity index is 475. The molecule has 0 radical (unpaired) electrons. The van der Waals surface area contributed by atoms with Gasteiger partial charge in [-0.15, -0.1) is 0 Å². The third kappa shape index (κ3) is 2.58. The van der Waals surface area contributed by atoms with Crippen molar-refractivity contribution in [1.29, 1.82) is 0 Å². The van der Waals surface area contributed by atoms with Gasteiger partial charge in [0.1, 0.15) is 0 Å². The van der Waals surface area contributed by atoms with Crippen molar-refractivity contribution in [3.8, 4) is 0 Å². The Morgan fingerprint density at radius 1 is 1.30 bits per heavy atom. The van der Waals surface area contributed by atoms with Gasteiger partial charge in [0.15, 0.2) is 0 Å². The van der Waals surface area contributed by atoms with Gasteiger partial charge in [0.25, 0.3) is 0 Å². The van der Waals surface area contributed by atoms with E-state index < -0.39 is 0 Å². The van der Waals surface area contributed by atoms with Crippen LogP contribution in [0.5, 0.6) is 0 Å². The predicted octanol–water partition coefficient (Wildman–Crippen LogP) is 3.97. The van der Waals surface area contributed by atoms with Crippen molar-refractivity contribution < 1.29 is 4.79 Å². The Morgan fingerprint density at radius 2 is 1.95 bits per heavy atom. The summed E-state index contributed by atoms with van der Waals surface area (Å²) in [5, 5.41) is 0.953.